The van der Waals surface area contributed by atoms with Crippen LogP contribution in [0.15, 0.2) is 52.3 Å². The van der Waals surface area contributed by atoms with Crippen molar-refractivity contribution in [2.75, 3.05) is 0 Å². The summed E-state index contributed by atoms with van der Waals surface area (Å²) in [6.07, 6.45) is 0. The lowest BCUT2D eigenvalue weighted by molar-refractivity contribution is 0.495. The average Bonchev–Trinajstić information content (AvgIpc) is 3.17. The van der Waals surface area contributed by atoms with Crippen LogP contribution in [0.3, 0.4) is 0 Å². The van der Waals surface area contributed by atoms with Gasteiger partial charge in [-0.05, 0) is 17.0 Å². The molecule has 0 aliphatic heterocycles. The maximum Gasteiger partial charge on any atom is 0.257 e. The molecule has 2 heterocycles. The second kappa shape index (κ2) is 6.39. The fraction of sp³-hybridized carbons (Fsp3) is 0.143. The van der Waals surface area contributed by atoms with Gasteiger partial charge in [-0.15, -0.1) is 21.5 Å². The molecule has 0 aliphatic rings. The molecule has 1 aromatic carbocycles. The molecule has 0 unspecified atom stereocenters. The Balaban J connectivity index is 1.62. The van der Waals surface area contributed by atoms with Crippen LogP contribution in [0.2, 0.25) is 0 Å². The van der Waals surface area contributed by atoms with Crippen molar-refractivity contribution in [1.82, 2.24) is 14.9 Å². The minimum Gasteiger partial charge on any atom is -0.418 e. The zero-order valence-corrected chi connectivity index (χ0v) is 13.1. The Kier molecular flexibility index (Phi) is 4.32. The fourth-order valence-electron chi connectivity index (χ4n) is 1.84. The molecule has 0 spiro atoms. The highest BCUT2D eigenvalue weighted by Crippen LogP contribution is 2.22. The van der Waals surface area contributed by atoms with Crippen LogP contribution in [-0.2, 0) is 22.3 Å². The van der Waals surface area contributed by atoms with Crippen LogP contribution in [0, 0.1) is 0 Å². The Labute approximate surface area is 131 Å². The lowest BCUT2D eigenvalue weighted by atomic mass is 10.2. The minimum absolute atomic E-state index is 0.0203. The summed E-state index contributed by atoms with van der Waals surface area (Å²) in [5, 5.41) is 9.65. The first kappa shape index (κ1) is 14.9. The Morgan fingerprint density at radius 1 is 1.09 bits per heavy atom. The van der Waals surface area contributed by atoms with Gasteiger partial charge in [-0.3, -0.25) is 0 Å². The number of nitrogens with zero attached hydrogens (tertiary/aromatic N) is 2. The van der Waals surface area contributed by atoms with Gasteiger partial charge in [0.25, 0.3) is 5.89 Å². The normalized spacial score (nSPS) is 11.6. The second-order valence-corrected chi connectivity index (χ2v) is 7.30. The van der Waals surface area contributed by atoms with Crippen LogP contribution in [0.5, 0.6) is 0 Å². The molecule has 0 aliphatic carbocycles. The number of sulfonamides is 1. The summed E-state index contributed by atoms with van der Waals surface area (Å²) in [6, 6.07) is 12.7. The molecule has 0 fully saturated rings. The van der Waals surface area contributed by atoms with Gasteiger partial charge in [-0.2, -0.15) is 0 Å². The molecule has 0 radical (unpaired) electrons. The third kappa shape index (κ3) is 3.79. The summed E-state index contributed by atoms with van der Waals surface area (Å²) in [6.45, 7) is -0.0203. The predicted octanol–water partition coefficient (Wildman–Crippen LogP) is 2.42. The first-order valence-corrected chi connectivity index (χ1v) is 9.03. The third-order valence-corrected chi connectivity index (χ3v) is 5.00. The average molecular weight is 335 g/mol. The van der Waals surface area contributed by atoms with Crippen molar-refractivity contribution in [2.24, 2.45) is 0 Å². The zero-order valence-electron chi connectivity index (χ0n) is 11.5. The van der Waals surface area contributed by atoms with Gasteiger partial charge in [-0.25, -0.2) is 13.1 Å². The summed E-state index contributed by atoms with van der Waals surface area (Å²) >= 11 is 1.48. The van der Waals surface area contributed by atoms with E-state index in [1.54, 1.807) is 24.3 Å². The van der Waals surface area contributed by atoms with Gasteiger partial charge in [0.15, 0.2) is 0 Å². The van der Waals surface area contributed by atoms with E-state index in [0.29, 0.717) is 5.89 Å². The van der Waals surface area contributed by atoms with E-state index in [2.05, 4.69) is 14.9 Å². The van der Waals surface area contributed by atoms with E-state index < -0.39 is 10.0 Å². The highest BCUT2D eigenvalue weighted by Gasteiger charge is 2.14. The molecule has 0 saturated carbocycles. The van der Waals surface area contributed by atoms with E-state index in [1.807, 2.05) is 23.6 Å². The van der Waals surface area contributed by atoms with Crippen LogP contribution in [0.25, 0.3) is 10.8 Å². The standard InChI is InChI=1S/C14H13N3O3S2/c18-22(19,10-11-5-2-1-3-6-11)15-9-13-16-17-14(20-13)12-7-4-8-21-12/h1-8,15H,9-10H2. The van der Waals surface area contributed by atoms with Gasteiger partial charge in [0.1, 0.15) is 0 Å². The molecular formula is C14H13N3O3S2. The molecule has 22 heavy (non-hydrogen) atoms. The quantitative estimate of drug-likeness (QED) is 0.748. The van der Waals surface area contributed by atoms with Gasteiger partial charge < -0.3 is 4.42 Å². The smallest absolute Gasteiger partial charge is 0.257 e. The number of hydrogen-bond acceptors (Lipinski definition) is 6. The molecule has 3 rings (SSSR count). The Bertz CT molecular complexity index is 827. The van der Waals surface area contributed by atoms with Crippen LogP contribution in [-0.4, -0.2) is 18.6 Å². The molecule has 0 bridgehead atoms. The van der Waals surface area contributed by atoms with Crippen molar-refractivity contribution < 1.29 is 12.8 Å². The summed E-state index contributed by atoms with van der Waals surface area (Å²) in [7, 11) is -3.45. The van der Waals surface area contributed by atoms with E-state index in [0.717, 1.165) is 10.4 Å². The van der Waals surface area contributed by atoms with Gasteiger partial charge in [-0.1, -0.05) is 36.4 Å². The Morgan fingerprint density at radius 2 is 1.91 bits per heavy atom. The van der Waals surface area contributed by atoms with Crippen LogP contribution < -0.4 is 4.72 Å². The lowest BCUT2D eigenvalue weighted by Gasteiger charge is -2.04. The molecule has 0 atom stereocenters. The van der Waals surface area contributed by atoms with Gasteiger partial charge in [0, 0.05) is 0 Å². The topological polar surface area (TPSA) is 85.1 Å². The summed E-state index contributed by atoms with van der Waals surface area (Å²) in [4.78, 5) is 0.853. The van der Waals surface area contributed by atoms with E-state index in [9.17, 15) is 8.42 Å². The fourth-order valence-corrected chi connectivity index (χ4v) is 3.56. The zero-order chi connectivity index (χ0) is 15.4. The van der Waals surface area contributed by atoms with E-state index in [-0.39, 0.29) is 18.2 Å². The highest BCUT2D eigenvalue weighted by molar-refractivity contribution is 7.88. The molecule has 0 saturated heterocycles. The van der Waals surface area contributed by atoms with Crippen molar-refractivity contribution in [3.8, 4) is 10.8 Å². The first-order chi connectivity index (χ1) is 10.6. The number of hydrogen-bond donors (Lipinski definition) is 1. The SMILES string of the molecule is O=S(=O)(Cc1ccccc1)NCc1nnc(-c2cccs2)o1. The van der Waals surface area contributed by atoms with E-state index in [1.165, 1.54) is 11.3 Å². The lowest BCUT2D eigenvalue weighted by Crippen LogP contribution is -2.24. The maximum atomic E-state index is 12.0. The van der Waals surface area contributed by atoms with Crippen molar-refractivity contribution in [3.05, 3.63) is 59.3 Å². The molecule has 3 aromatic rings. The number of nitrogens with one attached hydrogen (secondary N) is 1. The summed E-state index contributed by atoms with van der Waals surface area (Å²) in [5.41, 5.74) is 0.722. The van der Waals surface area contributed by atoms with Crippen molar-refractivity contribution in [3.63, 3.8) is 0 Å². The van der Waals surface area contributed by atoms with Crippen LogP contribution in [0.4, 0.5) is 0 Å². The summed E-state index contributed by atoms with van der Waals surface area (Å²) in [5.74, 6) is 0.548. The molecular weight excluding hydrogens is 322 g/mol. The van der Waals surface area contributed by atoms with Crippen molar-refractivity contribution >= 4 is 21.4 Å². The molecule has 6 nitrogen and oxygen atoms in total. The van der Waals surface area contributed by atoms with Crippen molar-refractivity contribution in [1.29, 1.82) is 0 Å². The molecule has 114 valence electrons. The maximum absolute atomic E-state index is 12.0. The number of benzene rings is 1. The van der Waals surface area contributed by atoms with Gasteiger partial charge in [0.2, 0.25) is 15.9 Å². The molecule has 0 amide bonds. The van der Waals surface area contributed by atoms with E-state index >= 15 is 0 Å². The minimum atomic E-state index is -3.45. The van der Waals surface area contributed by atoms with Crippen LogP contribution in [0.1, 0.15) is 11.5 Å². The summed E-state index contributed by atoms with van der Waals surface area (Å²) < 4.78 is 31.9. The second-order valence-electron chi connectivity index (χ2n) is 4.54. The van der Waals surface area contributed by atoms with Crippen molar-refractivity contribution in [2.45, 2.75) is 12.3 Å². The predicted molar refractivity (Wildman–Crippen MR) is 83.5 cm³/mol. The number of rotatable bonds is 6. The van der Waals surface area contributed by atoms with Gasteiger partial charge in [0.05, 0.1) is 17.2 Å². The third-order valence-electron chi connectivity index (χ3n) is 2.84. The first-order valence-electron chi connectivity index (χ1n) is 6.50. The monoisotopic (exact) mass is 335 g/mol. The highest BCUT2D eigenvalue weighted by atomic mass is 32.2. The van der Waals surface area contributed by atoms with Gasteiger partial charge >= 0.3 is 0 Å². The van der Waals surface area contributed by atoms with E-state index in [4.69, 9.17) is 4.42 Å². The molecule has 8 heteroatoms. The molecule has 1 N–H and O–H groups in total. The Hall–Kier alpha value is -2.03. The van der Waals surface area contributed by atoms with Crippen LogP contribution >= 0.6 is 11.3 Å². The number of thiophene rings is 1. The molecule has 2 aromatic heterocycles. The largest absolute Gasteiger partial charge is 0.418 e. The Morgan fingerprint density at radius 3 is 2.64 bits per heavy atom. The number of aromatic nitrogens is 2.